The van der Waals surface area contributed by atoms with Crippen molar-refractivity contribution in [1.82, 2.24) is 19.1 Å². The molecule has 1 aliphatic heterocycles. The lowest BCUT2D eigenvalue weighted by atomic mass is 10.0. The molecule has 1 saturated heterocycles. The number of anilines is 1. The van der Waals surface area contributed by atoms with Gasteiger partial charge in [0, 0.05) is 57.0 Å². The smallest absolute Gasteiger partial charge is 0.321 e. The Labute approximate surface area is 227 Å². The van der Waals surface area contributed by atoms with Crippen LogP contribution in [0, 0.1) is 11.7 Å². The van der Waals surface area contributed by atoms with Gasteiger partial charge in [-0.15, -0.1) is 11.3 Å². The van der Waals surface area contributed by atoms with E-state index in [-0.39, 0.29) is 36.8 Å². The zero-order valence-electron chi connectivity index (χ0n) is 20.4. The van der Waals surface area contributed by atoms with Gasteiger partial charge in [-0.3, -0.25) is 14.2 Å². The topological polar surface area (TPSA) is 121 Å². The molecule has 1 aliphatic rings. The van der Waals surface area contributed by atoms with E-state index in [9.17, 15) is 27.2 Å². The van der Waals surface area contributed by atoms with Crippen molar-refractivity contribution in [2.24, 2.45) is 5.92 Å². The first kappa shape index (κ1) is 27.8. The van der Waals surface area contributed by atoms with Gasteiger partial charge < -0.3 is 15.5 Å². The van der Waals surface area contributed by atoms with E-state index >= 15 is 0 Å². The third-order valence-electron chi connectivity index (χ3n) is 6.30. The lowest BCUT2D eigenvalue weighted by Gasteiger charge is -2.26. The highest BCUT2D eigenvalue weighted by atomic mass is 35.5. The fourth-order valence-electron chi connectivity index (χ4n) is 4.22. The summed E-state index contributed by atoms with van der Waals surface area (Å²) in [6.45, 7) is 0.276. The monoisotopic (exact) mass is 581 g/mol. The lowest BCUT2D eigenvalue weighted by Crippen LogP contribution is -2.45. The highest BCUT2D eigenvalue weighted by molar-refractivity contribution is 7.88. The molecule has 0 saturated carbocycles. The second-order valence-corrected chi connectivity index (χ2v) is 12.6. The molecule has 3 amide bonds. The Kier molecular flexibility index (Phi) is 8.21. The number of aromatic nitrogens is 1. The number of benzene rings is 1. The van der Waals surface area contributed by atoms with Crippen LogP contribution in [-0.4, -0.2) is 73.1 Å². The average Bonchev–Trinajstić information content (AvgIpc) is 3.49. The van der Waals surface area contributed by atoms with E-state index in [1.54, 1.807) is 24.3 Å². The minimum Gasteiger partial charge on any atom is -0.351 e. The molecule has 2 aromatic heterocycles. The Balaban J connectivity index is 1.47. The molecular weight excluding hydrogens is 557 g/mol. The number of thiophene rings is 1. The van der Waals surface area contributed by atoms with Crippen molar-refractivity contribution in [1.29, 1.82) is 0 Å². The molecule has 0 bridgehead atoms. The first-order valence-electron chi connectivity index (χ1n) is 11.4. The maximum absolute atomic E-state index is 14.8. The molecule has 2 atom stereocenters. The number of amides is 3. The number of pyridine rings is 1. The number of urea groups is 1. The van der Waals surface area contributed by atoms with Crippen LogP contribution in [-0.2, 0) is 10.0 Å². The van der Waals surface area contributed by atoms with Gasteiger partial charge in [-0.05, 0) is 30.3 Å². The molecule has 0 radical (unpaired) electrons. The number of nitrogens with one attached hydrogen (secondary N) is 2. The highest BCUT2D eigenvalue weighted by Gasteiger charge is 2.40. The number of hydrogen-bond acceptors (Lipinski definition) is 6. The van der Waals surface area contributed by atoms with Gasteiger partial charge in [0.05, 0.1) is 26.8 Å². The summed E-state index contributed by atoms with van der Waals surface area (Å²) >= 11 is 7.01. The predicted molar refractivity (Wildman–Crippen MR) is 144 cm³/mol. The second-order valence-electron chi connectivity index (χ2n) is 8.83. The molecule has 0 aliphatic carbocycles. The molecule has 3 aromatic rings. The standard InChI is InChI=1S/C24H25ClFN5O5S2/c1-29(38(2,35)36)19-14-30(13-15(19)12-27-23(33)20-8-9-21(25)37-20)24(34)28-18-7-6-16(11-17(18)26)31-10-4-3-5-22(31)32/h3-11,15,19H,12-14H2,1-2H3,(H,27,33)(H,28,34)/t15?,19-/m0/s1. The number of rotatable bonds is 7. The SMILES string of the molecule is CN([C@H]1CN(C(=O)Nc2ccc(-n3ccccc3=O)cc2F)CC1CNC(=O)c1ccc(Cl)s1)S(C)(=O)=O. The van der Waals surface area contributed by atoms with Gasteiger partial charge >= 0.3 is 6.03 Å². The maximum Gasteiger partial charge on any atom is 0.321 e. The van der Waals surface area contributed by atoms with Gasteiger partial charge in [0.1, 0.15) is 5.82 Å². The van der Waals surface area contributed by atoms with Gasteiger partial charge in [-0.25, -0.2) is 17.6 Å². The zero-order chi connectivity index (χ0) is 27.6. The van der Waals surface area contributed by atoms with Crippen molar-refractivity contribution in [3.05, 3.63) is 80.1 Å². The van der Waals surface area contributed by atoms with Crippen LogP contribution in [0.15, 0.2) is 59.5 Å². The summed E-state index contributed by atoms with van der Waals surface area (Å²) in [4.78, 5) is 39.3. The average molecular weight is 582 g/mol. The predicted octanol–water partition coefficient (Wildman–Crippen LogP) is 2.85. The summed E-state index contributed by atoms with van der Waals surface area (Å²) in [5.74, 6) is -1.52. The van der Waals surface area contributed by atoms with Crippen molar-refractivity contribution in [3.8, 4) is 5.69 Å². The van der Waals surface area contributed by atoms with Gasteiger partial charge in [-0.2, -0.15) is 4.31 Å². The van der Waals surface area contributed by atoms with Crippen molar-refractivity contribution in [2.75, 3.05) is 38.3 Å². The van der Waals surface area contributed by atoms with E-state index in [4.69, 9.17) is 11.6 Å². The fraction of sp³-hybridized carbons (Fsp3) is 0.292. The van der Waals surface area contributed by atoms with Crippen LogP contribution in [0.4, 0.5) is 14.9 Å². The second kappa shape index (κ2) is 11.2. The van der Waals surface area contributed by atoms with E-state index < -0.39 is 33.8 Å². The van der Waals surface area contributed by atoms with Crippen molar-refractivity contribution in [3.63, 3.8) is 0 Å². The molecular formula is C24H25ClFN5O5S2. The number of nitrogens with zero attached hydrogens (tertiary/aromatic N) is 3. The van der Waals surface area contributed by atoms with Gasteiger partial charge in [0.15, 0.2) is 0 Å². The van der Waals surface area contributed by atoms with Crippen molar-refractivity contribution in [2.45, 2.75) is 6.04 Å². The molecule has 1 aromatic carbocycles. The normalized spacial score (nSPS) is 17.6. The summed E-state index contributed by atoms with van der Waals surface area (Å²) in [5.41, 5.74) is -0.130. The Bertz CT molecular complexity index is 1530. The molecule has 4 rings (SSSR count). The van der Waals surface area contributed by atoms with E-state index in [1.807, 2.05) is 0 Å². The third kappa shape index (κ3) is 6.23. The number of carbonyl (C=O) groups is 2. The number of carbonyl (C=O) groups excluding carboxylic acids is 2. The van der Waals surface area contributed by atoms with Crippen LogP contribution in [0.5, 0.6) is 0 Å². The Hall–Kier alpha value is -3.26. The van der Waals surface area contributed by atoms with Crippen LogP contribution >= 0.6 is 22.9 Å². The Morgan fingerprint density at radius 2 is 1.95 bits per heavy atom. The maximum atomic E-state index is 14.8. The number of likely N-dealkylation sites (tertiary alicyclic amines) is 1. The number of likely N-dealkylation sites (N-methyl/N-ethyl adjacent to an activating group) is 1. The summed E-state index contributed by atoms with van der Waals surface area (Å²) in [6.07, 6.45) is 2.57. The Morgan fingerprint density at radius 3 is 2.58 bits per heavy atom. The first-order valence-corrected chi connectivity index (χ1v) is 14.5. The molecule has 202 valence electrons. The minimum absolute atomic E-state index is 0.0415. The Morgan fingerprint density at radius 1 is 1.18 bits per heavy atom. The van der Waals surface area contributed by atoms with Crippen LogP contribution in [0.1, 0.15) is 9.67 Å². The molecule has 10 nitrogen and oxygen atoms in total. The number of sulfonamides is 1. The third-order valence-corrected chi connectivity index (χ3v) is 8.85. The van der Waals surface area contributed by atoms with E-state index in [2.05, 4.69) is 10.6 Å². The van der Waals surface area contributed by atoms with Crippen LogP contribution in [0.25, 0.3) is 5.69 Å². The summed E-state index contributed by atoms with van der Waals surface area (Å²) in [7, 11) is -2.18. The summed E-state index contributed by atoms with van der Waals surface area (Å²) < 4.78 is 42.2. The van der Waals surface area contributed by atoms with Gasteiger partial charge in [0.2, 0.25) is 10.0 Å². The van der Waals surface area contributed by atoms with E-state index in [1.165, 1.54) is 45.2 Å². The molecule has 38 heavy (non-hydrogen) atoms. The van der Waals surface area contributed by atoms with Crippen LogP contribution in [0.3, 0.4) is 0 Å². The lowest BCUT2D eigenvalue weighted by molar-refractivity contribution is 0.0948. The quantitative estimate of drug-likeness (QED) is 0.444. The molecule has 1 fully saturated rings. The molecule has 14 heteroatoms. The van der Waals surface area contributed by atoms with Crippen LogP contribution < -0.4 is 16.2 Å². The van der Waals surface area contributed by atoms with Crippen LogP contribution in [0.2, 0.25) is 4.34 Å². The first-order chi connectivity index (χ1) is 17.9. The van der Waals surface area contributed by atoms with E-state index in [0.29, 0.717) is 14.9 Å². The molecule has 1 unspecified atom stereocenters. The van der Waals surface area contributed by atoms with Crippen molar-refractivity contribution >= 4 is 50.6 Å². The molecule has 0 spiro atoms. The largest absolute Gasteiger partial charge is 0.351 e. The summed E-state index contributed by atoms with van der Waals surface area (Å²) in [5, 5.41) is 5.29. The molecule has 2 N–H and O–H groups in total. The van der Waals surface area contributed by atoms with Gasteiger partial charge in [-0.1, -0.05) is 17.7 Å². The molecule has 3 heterocycles. The summed E-state index contributed by atoms with van der Waals surface area (Å²) in [6, 6.07) is 10.5. The number of halogens is 2. The zero-order valence-corrected chi connectivity index (χ0v) is 22.8. The minimum atomic E-state index is -3.60. The van der Waals surface area contributed by atoms with Gasteiger partial charge in [0.25, 0.3) is 11.5 Å². The van der Waals surface area contributed by atoms with E-state index in [0.717, 1.165) is 23.7 Å². The number of hydrogen-bond donors (Lipinski definition) is 2. The highest BCUT2D eigenvalue weighted by Crippen LogP contribution is 2.26. The van der Waals surface area contributed by atoms with Crippen molar-refractivity contribution < 1.29 is 22.4 Å². The fourth-order valence-corrected chi connectivity index (χ4v) is 5.91.